The Morgan fingerprint density at radius 3 is 2.55 bits per heavy atom. The molecular weight excluding hydrogens is 346 g/mol. The number of hydrogen-bond acceptors (Lipinski definition) is 3. The lowest BCUT2D eigenvalue weighted by Crippen LogP contribution is -2.42. The molecule has 110 valence electrons. The molecule has 1 atom stereocenters. The van der Waals surface area contributed by atoms with E-state index in [1.807, 2.05) is 0 Å². The van der Waals surface area contributed by atoms with Crippen molar-refractivity contribution in [1.82, 2.24) is 4.31 Å². The molecule has 1 saturated heterocycles. The molecule has 0 bridgehead atoms. The smallest absolute Gasteiger partial charge is 0.307 e. The molecule has 1 aliphatic heterocycles. The fourth-order valence-corrected chi connectivity index (χ4v) is 4.16. The first-order valence-electron chi connectivity index (χ1n) is 6.33. The lowest BCUT2D eigenvalue weighted by molar-refractivity contribution is -0.142. The summed E-state index contributed by atoms with van der Waals surface area (Å²) in [5.74, 6) is -1.54. The summed E-state index contributed by atoms with van der Waals surface area (Å²) in [4.78, 5) is 11.2. The van der Waals surface area contributed by atoms with Crippen LogP contribution in [0, 0.1) is 5.92 Å². The predicted molar refractivity (Wildman–Crippen MR) is 78.2 cm³/mol. The van der Waals surface area contributed by atoms with Crippen LogP contribution in [0.25, 0.3) is 0 Å². The number of carboxylic acid groups (broad SMARTS) is 1. The molecule has 5 nitrogen and oxygen atoms in total. The first-order chi connectivity index (χ1) is 9.45. The fourth-order valence-electron chi connectivity index (χ4n) is 2.26. The highest BCUT2D eigenvalue weighted by Gasteiger charge is 2.33. The second-order valence-corrected chi connectivity index (χ2v) is 7.32. The van der Waals surface area contributed by atoms with E-state index in [-0.39, 0.29) is 11.4 Å². The van der Waals surface area contributed by atoms with Crippen LogP contribution in [0.5, 0.6) is 0 Å². The zero-order valence-electron chi connectivity index (χ0n) is 10.8. The normalized spacial score (nSPS) is 20.8. The number of hydrogen-bond donors (Lipinski definition) is 1. The Bertz CT molecular complexity index is 585. The fraction of sp³-hybridized carbons (Fsp3) is 0.462. The predicted octanol–water partition coefficient (Wildman–Crippen LogP) is 2.07. The van der Waals surface area contributed by atoms with Gasteiger partial charge in [-0.05, 0) is 30.5 Å². The molecule has 0 radical (unpaired) electrons. The van der Waals surface area contributed by atoms with E-state index in [0.717, 1.165) is 5.56 Å². The van der Waals surface area contributed by atoms with E-state index in [9.17, 15) is 13.2 Å². The number of sulfonamides is 1. The topological polar surface area (TPSA) is 74.7 Å². The van der Waals surface area contributed by atoms with Gasteiger partial charge < -0.3 is 5.11 Å². The summed E-state index contributed by atoms with van der Waals surface area (Å²) in [6.45, 7) is 0.435. The Labute approximate surface area is 126 Å². The number of benzene rings is 1. The second kappa shape index (κ2) is 6.24. The van der Waals surface area contributed by atoms with Gasteiger partial charge in [-0.1, -0.05) is 28.1 Å². The molecule has 2 rings (SSSR count). The van der Waals surface area contributed by atoms with Crippen LogP contribution in [0.3, 0.4) is 0 Å². The molecule has 1 heterocycles. The maximum absolute atomic E-state index is 12.5. The Morgan fingerprint density at radius 2 is 2.00 bits per heavy atom. The number of carbonyl (C=O) groups is 1. The molecule has 20 heavy (non-hydrogen) atoms. The van der Waals surface area contributed by atoms with Gasteiger partial charge in [0.15, 0.2) is 0 Å². The van der Waals surface area contributed by atoms with E-state index in [4.69, 9.17) is 5.11 Å². The Balaban J connectivity index is 2.22. The van der Waals surface area contributed by atoms with Gasteiger partial charge in [0.05, 0.1) is 10.8 Å². The van der Waals surface area contributed by atoms with Crippen molar-refractivity contribution in [3.63, 3.8) is 0 Å². The second-order valence-electron chi connectivity index (χ2n) is 4.82. The van der Waals surface area contributed by atoms with Crippen LogP contribution >= 0.6 is 15.9 Å². The number of rotatable bonds is 4. The molecule has 0 saturated carbocycles. The summed E-state index contributed by atoms with van der Waals surface area (Å²) in [5.41, 5.74) is 0.992. The van der Waals surface area contributed by atoms with Crippen LogP contribution in [-0.4, -0.2) is 36.9 Å². The van der Waals surface area contributed by atoms with Crippen LogP contribution < -0.4 is 0 Å². The number of nitrogens with zero attached hydrogens (tertiary/aromatic N) is 1. The number of piperidine rings is 1. The molecule has 1 N–H and O–H groups in total. The van der Waals surface area contributed by atoms with Crippen molar-refractivity contribution in [1.29, 1.82) is 0 Å². The summed E-state index contributed by atoms with van der Waals surface area (Å²) >= 11 is 3.31. The minimum absolute atomic E-state index is 0.0534. The Morgan fingerprint density at radius 1 is 1.35 bits per heavy atom. The quantitative estimate of drug-likeness (QED) is 0.833. The van der Waals surface area contributed by atoms with Crippen molar-refractivity contribution in [3.05, 3.63) is 29.8 Å². The number of alkyl halides is 1. The standard InChI is InChI=1S/C13H16BrNO4S/c14-8-10-3-5-12(6-4-10)20(18,19)15-7-1-2-11(9-15)13(16)17/h3-6,11H,1-2,7-9H2,(H,16,17). The first-order valence-corrected chi connectivity index (χ1v) is 8.89. The van der Waals surface area contributed by atoms with Gasteiger partial charge in [-0.3, -0.25) is 4.79 Å². The van der Waals surface area contributed by atoms with Crippen LogP contribution in [0.2, 0.25) is 0 Å². The van der Waals surface area contributed by atoms with Gasteiger partial charge in [0, 0.05) is 18.4 Å². The minimum atomic E-state index is -3.60. The first kappa shape index (κ1) is 15.5. The molecule has 1 aromatic carbocycles. The van der Waals surface area contributed by atoms with Gasteiger partial charge in [-0.25, -0.2) is 8.42 Å². The van der Waals surface area contributed by atoms with Crippen molar-refractivity contribution < 1.29 is 18.3 Å². The van der Waals surface area contributed by atoms with Gasteiger partial charge >= 0.3 is 5.97 Å². The monoisotopic (exact) mass is 361 g/mol. The maximum Gasteiger partial charge on any atom is 0.307 e. The number of aliphatic carboxylic acids is 1. The van der Waals surface area contributed by atoms with Gasteiger partial charge in [-0.2, -0.15) is 4.31 Å². The highest BCUT2D eigenvalue weighted by atomic mass is 79.9. The van der Waals surface area contributed by atoms with Crippen molar-refractivity contribution in [2.24, 2.45) is 5.92 Å². The van der Waals surface area contributed by atoms with Crippen molar-refractivity contribution in [2.45, 2.75) is 23.1 Å². The van der Waals surface area contributed by atoms with Crippen molar-refractivity contribution in [3.8, 4) is 0 Å². The molecule has 0 spiro atoms. The lowest BCUT2D eigenvalue weighted by Gasteiger charge is -2.29. The molecule has 0 amide bonds. The van der Waals surface area contributed by atoms with E-state index >= 15 is 0 Å². The van der Waals surface area contributed by atoms with Crippen molar-refractivity contribution >= 4 is 31.9 Å². The Kier molecular flexibility index (Phi) is 4.82. The third-order valence-corrected chi connectivity index (χ3v) is 5.98. The van der Waals surface area contributed by atoms with E-state index in [1.54, 1.807) is 24.3 Å². The lowest BCUT2D eigenvalue weighted by atomic mass is 10.0. The number of halogens is 1. The third-order valence-electron chi connectivity index (χ3n) is 3.45. The van der Waals surface area contributed by atoms with Crippen molar-refractivity contribution in [2.75, 3.05) is 13.1 Å². The molecule has 0 aromatic heterocycles. The molecule has 1 unspecified atom stereocenters. The average Bonchev–Trinajstić information content (AvgIpc) is 2.47. The van der Waals surface area contributed by atoms with Crippen LogP contribution in [0.1, 0.15) is 18.4 Å². The molecular formula is C13H16BrNO4S. The van der Waals surface area contributed by atoms with E-state index < -0.39 is 21.9 Å². The summed E-state index contributed by atoms with van der Waals surface area (Å²) < 4.78 is 26.2. The third kappa shape index (κ3) is 3.21. The van der Waals surface area contributed by atoms with Gasteiger partial charge in [-0.15, -0.1) is 0 Å². The molecule has 1 aliphatic rings. The molecule has 1 aromatic rings. The van der Waals surface area contributed by atoms with Crippen LogP contribution in [0.4, 0.5) is 0 Å². The number of carboxylic acids is 1. The highest BCUT2D eigenvalue weighted by Crippen LogP contribution is 2.24. The zero-order valence-corrected chi connectivity index (χ0v) is 13.2. The SMILES string of the molecule is O=C(O)C1CCCN(S(=O)(=O)c2ccc(CBr)cc2)C1. The van der Waals surface area contributed by atoms with Gasteiger partial charge in [0.2, 0.25) is 10.0 Å². The summed E-state index contributed by atoms with van der Waals surface area (Å²) in [5, 5.41) is 9.70. The largest absolute Gasteiger partial charge is 0.481 e. The molecule has 7 heteroatoms. The zero-order chi connectivity index (χ0) is 14.8. The molecule has 1 fully saturated rings. The molecule has 0 aliphatic carbocycles. The minimum Gasteiger partial charge on any atom is -0.481 e. The van der Waals surface area contributed by atoms with Crippen LogP contribution in [0.15, 0.2) is 29.2 Å². The highest BCUT2D eigenvalue weighted by molar-refractivity contribution is 9.08. The van der Waals surface area contributed by atoms with E-state index in [2.05, 4.69) is 15.9 Å². The van der Waals surface area contributed by atoms with E-state index in [0.29, 0.717) is 24.7 Å². The van der Waals surface area contributed by atoms with E-state index in [1.165, 1.54) is 4.31 Å². The summed E-state index contributed by atoms with van der Waals surface area (Å²) in [6, 6.07) is 6.63. The summed E-state index contributed by atoms with van der Waals surface area (Å²) in [7, 11) is -3.60. The van der Waals surface area contributed by atoms with Crippen LogP contribution in [-0.2, 0) is 20.1 Å². The summed E-state index contributed by atoms with van der Waals surface area (Å²) in [6.07, 6.45) is 1.11. The van der Waals surface area contributed by atoms with Gasteiger partial charge in [0.25, 0.3) is 0 Å². The Hall–Kier alpha value is -0.920. The maximum atomic E-state index is 12.5. The van der Waals surface area contributed by atoms with Gasteiger partial charge in [0.1, 0.15) is 0 Å². The average molecular weight is 362 g/mol.